The number of benzene rings is 1. The number of anilines is 1. The van der Waals surface area contributed by atoms with Crippen LogP contribution < -0.4 is 10.2 Å². The van der Waals surface area contributed by atoms with Crippen LogP contribution in [0.3, 0.4) is 0 Å². The molecule has 0 spiro atoms. The molecule has 1 amide bonds. The van der Waals surface area contributed by atoms with E-state index in [-0.39, 0.29) is 0 Å². The van der Waals surface area contributed by atoms with Crippen LogP contribution in [-0.2, 0) is 4.79 Å². The molecule has 1 fully saturated rings. The molecule has 1 aliphatic heterocycles. The summed E-state index contributed by atoms with van der Waals surface area (Å²) in [6.45, 7) is -0.231. The van der Waals surface area contributed by atoms with Gasteiger partial charge >= 0.3 is 6.18 Å². The SMILES string of the molecule is O=C(NCC(F)(F)F)C1CCN(c2nc3ccccc3o2)CC1. The Hall–Kier alpha value is -2.25. The second-order valence-corrected chi connectivity index (χ2v) is 5.56. The zero-order valence-corrected chi connectivity index (χ0v) is 12.3. The van der Waals surface area contributed by atoms with Crippen LogP contribution in [0.15, 0.2) is 28.7 Å². The van der Waals surface area contributed by atoms with Crippen LogP contribution in [0, 0.1) is 5.92 Å². The highest BCUT2D eigenvalue weighted by Crippen LogP contribution is 2.26. The number of hydrogen-bond donors (Lipinski definition) is 1. The van der Waals surface area contributed by atoms with E-state index in [4.69, 9.17) is 4.42 Å². The molecule has 2 heterocycles. The number of nitrogens with one attached hydrogen (secondary N) is 1. The van der Waals surface area contributed by atoms with Crippen LogP contribution in [0.4, 0.5) is 19.2 Å². The summed E-state index contributed by atoms with van der Waals surface area (Å²) in [7, 11) is 0. The number of oxazole rings is 1. The number of nitrogens with zero attached hydrogens (tertiary/aromatic N) is 2. The normalized spacial score (nSPS) is 16.7. The minimum Gasteiger partial charge on any atom is -0.423 e. The Morgan fingerprint density at radius 2 is 2.00 bits per heavy atom. The summed E-state index contributed by atoms with van der Waals surface area (Å²) < 4.78 is 42.0. The first-order chi connectivity index (χ1) is 10.9. The molecule has 0 unspecified atom stereocenters. The highest BCUT2D eigenvalue weighted by Gasteiger charge is 2.31. The van der Waals surface area contributed by atoms with Crippen LogP contribution in [0.2, 0.25) is 0 Å². The average molecular weight is 327 g/mol. The second-order valence-electron chi connectivity index (χ2n) is 5.56. The van der Waals surface area contributed by atoms with E-state index in [0.29, 0.717) is 37.5 Å². The molecular formula is C15H16F3N3O2. The summed E-state index contributed by atoms with van der Waals surface area (Å²) in [4.78, 5) is 18.1. The maximum absolute atomic E-state index is 12.1. The summed E-state index contributed by atoms with van der Waals surface area (Å²) in [6.07, 6.45) is -3.43. The molecule has 0 atom stereocenters. The van der Waals surface area contributed by atoms with Crippen LogP contribution in [-0.4, -0.2) is 36.7 Å². The number of rotatable bonds is 3. The first-order valence-corrected chi connectivity index (χ1v) is 7.37. The molecule has 0 bridgehead atoms. The van der Waals surface area contributed by atoms with Gasteiger partial charge in [0.15, 0.2) is 5.58 Å². The maximum atomic E-state index is 12.1. The van der Waals surface area contributed by atoms with Crippen molar-refractivity contribution in [3.05, 3.63) is 24.3 Å². The third-order valence-electron chi connectivity index (χ3n) is 3.88. The lowest BCUT2D eigenvalue weighted by atomic mass is 9.96. The highest BCUT2D eigenvalue weighted by molar-refractivity contribution is 5.79. The first kappa shape index (κ1) is 15.6. The highest BCUT2D eigenvalue weighted by atomic mass is 19.4. The summed E-state index contributed by atoms with van der Waals surface area (Å²) in [5.41, 5.74) is 1.44. The molecule has 1 aliphatic rings. The van der Waals surface area contributed by atoms with E-state index in [1.54, 1.807) is 0 Å². The lowest BCUT2D eigenvalue weighted by molar-refractivity contribution is -0.141. The monoisotopic (exact) mass is 327 g/mol. The maximum Gasteiger partial charge on any atom is 0.405 e. The van der Waals surface area contributed by atoms with Gasteiger partial charge in [-0.25, -0.2) is 0 Å². The number of hydrogen-bond acceptors (Lipinski definition) is 4. The molecule has 1 saturated heterocycles. The van der Waals surface area contributed by atoms with Gasteiger partial charge in [-0.2, -0.15) is 18.2 Å². The van der Waals surface area contributed by atoms with Crippen molar-refractivity contribution in [3.63, 3.8) is 0 Å². The fraction of sp³-hybridized carbons (Fsp3) is 0.467. The lowest BCUT2D eigenvalue weighted by Crippen LogP contribution is -2.43. The number of carbonyl (C=O) groups excluding carboxylic acids is 1. The Morgan fingerprint density at radius 1 is 1.30 bits per heavy atom. The van der Waals surface area contributed by atoms with E-state index in [1.807, 2.05) is 34.5 Å². The van der Waals surface area contributed by atoms with E-state index in [0.717, 1.165) is 5.52 Å². The van der Waals surface area contributed by atoms with Gasteiger partial charge in [-0.05, 0) is 25.0 Å². The van der Waals surface area contributed by atoms with Crippen molar-refractivity contribution in [1.29, 1.82) is 0 Å². The molecule has 0 radical (unpaired) electrons. The predicted octanol–water partition coefficient (Wildman–Crippen LogP) is 2.72. The molecule has 0 saturated carbocycles. The number of halogens is 3. The van der Waals surface area contributed by atoms with Crippen molar-refractivity contribution in [1.82, 2.24) is 10.3 Å². The minimum atomic E-state index is -4.38. The quantitative estimate of drug-likeness (QED) is 0.942. The molecule has 0 aliphatic carbocycles. The fourth-order valence-corrected chi connectivity index (χ4v) is 2.66. The van der Waals surface area contributed by atoms with Gasteiger partial charge in [0.2, 0.25) is 5.91 Å². The smallest absolute Gasteiger partial charge is 0.405 e. The third kappa shape index (κ3) is 3.75. The van der Waals surface area contributed by atoms with Gasteiger partial charge < -0.3 is 14.6 Å². The molecule has 124 valence electrons. The minimum absolute atomic E-state index is 0.405. The fourth-order valence-electron chi connectivity index (χ4n) is 2.66. The van der Waals surface area contributed by atoms with Crippen LogP contribution >= 0.6 is 0 Å². The standard InChI is InChI=1S/C15H16F3N3O2/c16-15(17,18)9-19-13(22)10-5-7-21(8-6-10)14-20-11-3-1-2-4-12(11)23-14/h1-4,10H,5-9H2,(H,19,22). The van der Waals surface area contributed by atoms with Gasteiger partial charge in [0.25, 0.3) is 6.01 Å². The number of aromatic nitrogens is 1. The summed E-state index contributed by atoms with van der Waals surface area (Å²) in [5.74, 6) is -0.947. The molecule has 1 aromatic heterocycles. The van der Waals surface area contributed by atoms with Crippen molar-refractivity contribution in [2.75, 3.05) is 24.5 Å². The molecular weight excluding hydrogens is 311 g/mol. The molecule has 8 heteroatoms. The van der Waals surface area contributed by atoms with E-state index in [1.165, 1.54) is 0 Å². The van der Waals surface area contributed by atoms with E-state index < -0.39 is 24.5 Å². The van der Waals surface area contributed by atoms with Gasteiger partial charge in [-0.1, -0.05) is 12.1 Å². The molecule has 23 heavy (non-hydrogen) atoms. The number of amides is 1. The first-order valence-electron chi connectivity index (χ1n) is 7.37. The Morgan fingerprint density at radius 3 is 2.65 bits per heavy atom. The van der Waals surface area contributed by atoms with E-state index in [2.05, 4.69) is 4.98 Å². The largest absolute Gasteiger partial charge is 0.423 e. The number of piperidine rings is 1. The Kier molecular flexibility index (Phi) is 4.14. The predicted molar refractivity (Wildman–Crippen MR) is 78.0 cm³/mol. The zero-order chi connectivity index (χ0) is 16.4. The van der Waals surface area contributed by atoms with E-state index >= 15 is 0 Å². The van der Waals surface area contributed by atoms with Crippen molar-refractivity contribution in [2.24, 2.45) is 5.92 Å². The van der Waals surface area contributed by atoms with Gasteiger partial charge in [-0.15, -0.1) is 0 Å². The van der Waals surface area contributed by atoms with Crippen molar-refractivity contribution in [2.45, 2.75) is 19.0 Å². The lowest BCUT2D eigenvalue weighted by Gasteiger charge is -2.30. The van der Waals surface area contributed by atoms with Crippen molar-refractivity contribution >= 4 is 23.0 Å². The Labute approximate surface area is 130 Å². The van der Waals surface area contributed by atoms with Gasteiger partial charge in [0.1, 0.15) is 12.1 Å². The van der Waals surface area contributed by atoms with Gasteiger partial charge in [0, 0.05) is 19.0 Å². The van der Waals surface area contributed by atoms with Crippen molar-refractivity contribution in [3.8, 4) is 0 Å². The summed E-state index contributed by atoms with van der Waals surface area (Å²) in [5, 5.41) is 1.95. The summed E-state index contributed by atoms with van der Waals surface area (Å²) in [6, 6.07) is 7.88. The second kappa shape index (κ2) is 6.10. The van der Waals surface area contributed by atoms with E-state index in [9.17, 15) is 18.0 Å². The zero-order valence-electron chi connectivity index (χ0n) is 12.3. The Bertz CT molecular complexity index is 658. The third-order valence-corrected chi connectivity index (χ3v) is 3.88. The summed E-state index contributed by atoms with van der Waals surface area (Å²) >= 11 is 0. The molecule has 5 nitrogen and oxygen atoms in total. The number of carbonyl (C=O) groups is 1. The van der Waals surface area contributed by atoms with Crippen LogP contribution in [0.1, 0.15) is 12.8 Å². The number of alkyl halides is 3. The van der Waals surface area contributed by atoms with Crippen LogP contribution in [0.5, 0.6) is 0 Å². The molecule has 1 aromatic carbocycles. The molecule has 3 rings (SSSR count). The Balaban J connectivity index is 1.56. The topological polar surface area (TPSA) is 58.4 Å². The van der Waals surface area contributed by atoms with Gasteiger partial charge in [-0.3, -0.25) is 4.79 Å². The average Bonchev–Trinajstić information content (AvgIpc) is 2.96. The van der Waals surface area contributed by atoms with Crippen molar-refractivity contribution < 1.29 is 22.4 Å². The number of fused-ring (bicyclic) bond motifs is 1. The molecule has 2 aromatic rings. The molecule has 1 N–H and O–H groups in total. The van der Waals surface area contributed by atoms with Crippen LogP contribution in [0.25, 0.3) is 11.1 Å². The van der Waals surface area contributed by atoms with Gasteiger partial charge in [0.05, 0.1) is 0 Å². The number of para-hydroxylation sites is 2.